The van der Waals surface area contributed by atoms with Gasteiger partial charge in [0.15, 0.2) is 0 Å². The molecular formula is C10H14F2N2S. The predicted molar refractivity (Wildman–Crippen MR) is 59.4 cm³/mol. The van der Waals surface area contributed by atoms with Gasteiger partial charge in [-0.05, 0) is 17.9 Å². The molecule has 1 atom stereocenters. The highest BCUT2D eigenvalue weighted by Crippen LogP contribution is 2.23. The van der Waals surface area contributed by atoms with Crippen LogP contribution >= 0.6 is 11.8 Å². The van der Waals surface area contributed by atoms with E-state index in [-0.39, 0.29) is 5.56 Å². The van der Waals surface area contributed by atoms with Crippen molar-refractivity contribution in [1.82, 2.24) is 5.43 Å². The Balaban J connectivity index is 2.90. The van der Waals surface area contributed by atoms with Crippen molar-refractivity contribution in [2.75, 3.05) is 11.5 Å². The Morgan fingerprint density at radius 1 is 1.40 bits per heavy atom. The van der Waals surface area contributed by atoms with Crippen LogP contribution in [-0.2, 0) is 0 Å². The molecule has 0 spiro atoms. The summed E-state index contributed by atoms with van der Waals surface area (Å²) in [5.74, 6) is 5.60. The first-order chi connectivity index (χ1) is 7.20. The molecule has 1 aromatic carbocycles. The van der Waals surface area contributed by atoms with Gasteiger partial charge in [-0.2, -0.15) is 11.8 Å². The summed E-state index contributed by atoms with van der Waals surface area (Å²) in [4.78, 5) is 0. The number of nitrogens with one attached hydrogen (secondary N) is 1. The molecule has 0 aliphatic rings. The van der Waals surface area contributed by atoms with Crippen LogP contribution in [0, 0.1) is 11.6 Å². The fourth-order valence-corrected chi connectivity index (χ4v) is 2.03. The van der Waals surface area contributed by atoms with Gasteiger partial charge in [0.25, 0.3) is 0 Å². The summed E-state index contributed by atoms with van der Waals surface area (Å²) >= 11 is 1.58. The number of rotatable bonds is 5. The van der Waals surface area contributed by atoms with E-state index < -0.39 is 17.7 Å². The van der Waals surface area contributed by atoms with Crippen molar-refractivity contribution in [3.05, 3.63) is 35.4 Å². The van der Waals surface area contributed by atoms with E-state index in [9.17, 15) is 8.78 Å². The molecule has 1 rings (SSSR count). The van der Waals surface area contributed by atoms with Crippen molar-refractivity contribution >= 4 is 11.8 Å². The minimum absolute atomic E-state index is 0.0148. The Labute approximate surface area is 92.2 Å². The highest BCUT2D eigenvalue weighted by Gasteiger charge is 2.18. The lowest BCUT2D eigenvalue weighted by Gasteiger charge is -2.16. The Morgan fingerprint density at radius 3 is 2.47 bits per heavy atom. The molecule has 1 aromatic rings. The zero-order chi connectivity index (χ0) is 11.3. The largest absolute Gasteiger partial charge is 0.271 e. The number of benzene rings is 1. The summed E-state index contributed by atoms with van der Waals surface area (Å²) in [7, 11) is 0. The predicted octanol–water partition coefficient (Wildman–Crippen LogP) is 2.22. The average molecular weight is 232 g/mol. The zero-order valence-corrected chi connectivity index (χ0v) is 9.28. The molecule has 5 heteroatoms. The number of nitrogens with two attached hydrogens (primary N) is 1. The van der Waals surface area contributed by atoms with Crippen molar-refractivity contribution < 1.29 is 8.78 Å². The maximum Gasteiger partial charge on any atom is 0.130 e. The number of hydrogen-bond donors (Lipinski definition) is 2. The molecule has 0 fully saturated rings. The quantitative estimate of drug-likeness (QED) is 0.604. The molecule has 0 heterocycles. The van der Waals surface area contributed by atoms with Crippen molar-refractivity contribution in [1.29, 1.82) is 0 Å². The standard InChI is InChI=1S/C10H14F2N2S/c1-2-15-6-9(14-13)10-7(11)4-3-5-8(10)12/h3-5,9,14H,2,6,13H2,1H3. The zero-order valence-electron chi connectivity index (χ0n) is 8.47. The maximum atomic E-state index is 13.4. The summed E-state index contributed by atoms with van der Waals surface area (Å²) in [6.07, 6.45) is 0. The van der Waals surface area contributed by atoms with Crippen LogP contribution in [0.3, 0.4) is 0 Å². The van der Waals surface area contributed by atoms with Gasteiger partial charge in [0.05, 0.1) is 6.04 Å². The van der Waals surface area contributed by atoms with E-state index in [0.29, 0.717) is 5.75 Å². The van der Waals surface area contributed by atoms with Crippen molar-refractivity contribution in [2.45, 2.75) is 13.0 Å². The van der Waals surface area contributed by atoms with Crippen LogP contribution in [0.5, 0.6) is 0 Å². The third kappa shape index (κ3) is 3.15. The minimum Gasteiger partial charge on any atom is -0.271 e. The lowest BCUT2D eigenvalue weighted by molar-refractivity contribution is 0.500. The van der Waals surface area contributed by atoms with E-state index in [1.165, 1.54) is 18.2 Å². The van der Waals surface area contributed by atoms with Gasteiger partial charge in [0, 0.05) is 11.3 Å². The van der Waals surface area contributed by atoms with Crippen LogP contribution in [-0.4, -0.2) is 11.5 Å². The van der Waals surface area contributed by atoms with Gasteiger partial charge in [0.2, 0.25) is 0 Å². The van der Waals surface area contributed by atoms with Gasteiger partial charge < -0.3 is 0 Å². The molecule has 0 aliphatic carbocycles. The Bertz CT molecular complexity index is 300. The monoisotopic (exact) mass is 232 g/mol. The van der Waals surface area contributed by atoms with Crippen molar-refractivity contribution in [3.63, 3.8) is 0 Å². The van der Waals surface area contributed by atoms with E-state index in [2.05, 4.69) is 5.43 Å². The lowest BCUT2D eigenvalue weighted by atomic mass is 10.1. The summed E-state index contributed by atoms with van der Waals surface area (Å²) in [5, 5.41) is 0. The molecule has 0 aromatic heterocycles. The molecule has 84 valence electrons. The number of hydrazine groups is 1. The van der Waals surface area contributed by atoms with Gasteiger partial charge in [-0.3, -0.25) is 11.3 Å². The second-order valence-electron chi connectivity index (χ2n) is 3.01. The van der Waals surface area contributed by atoms with Gasteiger partial charge in [-0.1, -0.05) is 13.0 Å². The maximum absolute atomic E-state index is 13.4. The van der Waals surface area contributed by atoms with E-state index in [1.54, 1.807) is 11.8 Å². The van der Waals surface area contributed by atoms with Gasteiger partial charge >= 0.3 is 0 Å². The first-order valence-electron chi connectivity index (χ1n) is 4.68. The van der Waals surface area contributed by atoms with E-state index in [4.69, 9.17) is 5.84 Å². The first-order valence-corrected chi connectivity index (χ1v) is 5.84. The normalized spacial score (nSPS) is 12.8. The molecular weight excluding hydrogens is 218 g/mol. The van der Waals surface area contributed by atoms with Crippen LogP contribution < -0.4 is 11.3 Å². The smallest absolute Gasteiger partial charge is 0.130 e. The molecule has 3 N–H and O–H groups in total. The third-order valence-corrected chi connectivity index (χ3v) is 3.02. The number of hydrogen-bond acceptors (Lipinski definition) is 3. The fraction of sp³-hybridized carbons (Fsp3) is 0.400. The second kappa shape index (κ2) is 6.05. The van der Waals surface area contributed by atoms with Crippen LogP contribution in [0.25, 0.3) is 0 Å². The molecule has 0 saturated heterocycles. The van der Waals surface area contributed by atoms with Crippen LogP contribution in [0.15, 0.2) is 18.2 Å². The highest BCUT2D eigenvalue weighted by atomic mass is 32.2. The molecule has 0 amide bonds. The molecule has 0 saturated carbocycles. The Kier molecular flexibility index (Phi) is 5.01. The second-order valence-corrected chi connectivity index (χ2v) is 4.33. The molecule has 15 heavy (non-hydrogen) atoms. The fourth-order valence-electron chi connectivity index (χ4n) is 1.29. The summed E-state index contributed by atoms with van der Waals surface area (Å²) in [6, 6.07) is 3.32. The number of thioether (sulfide) groups is 1. The van der Waals surface area contributed by atoms with Crippen LogP contribution in [0.4, 0.5) is 8.78 Å². The van der Waals surface area contributed by atoms with Crippen LogP contribution in [0.2, 0.25) is 0 Å². The van der Waals surface area contributed by atoms with E-state index in [1.807, 2.05) is 6.92 Å². The molecule has 2 nitrogen and oxygen atoms in total. The Hall–Kier alpha value is -0.650. The topological polar surface area (TPSA) is 38.0 Å². The lowest BCUT2D eigenvalue weighted by Crippen LogP contribution is -2.31. The first kappa shape index (κ1) is 12.4. The SMILES string of the molecule is CCSCC(NN)c1c(F)cccc1F. The molecule has 1 unspecified atom stereocenters. The minimum atomic E-state index is -0.561. The van der Waals surface area contributed by atoms with Gasteiger partial charge in [0.1, 0.15) is 11.6 Å². The summed E-state index contributed by atoms with van der Waals surface area (Å²) in [6.45, 7) is 1.98. The summed E-state index contributed by atoms with van der Waals surface area (Å²) in [5.41, 5.74) is 2.45. The van der Waals surface area contributed by atoms with E-state index >= 15 is 0 Å². The molecule has 0 aliphatic heterocycles. The Morgan fingerprint density at radius 2 is 2.00 bits per heavy atom. The molecule has 0 radical (unpaired) electrons. The highest BCUT2D eigenvalue weighted by molar-refractivity contribution is 7.99. The van der Waals surface area contributed by atoms with Crippen molar-refractivity contribution in [3.8, 4) is 0 Å². The van der Waals surface area contributed by atoms with Crippen LogP contribution in [0.1, 0.15) is 18.5 Å². The average Bonchev–Trinajstić information content (AvgIpc) is 2.22. The third-order valence-electron chi connectivity index (χ3n) is 2.04. The van der Waals surface area contributed by atoms with E-state index in [0.717, 1.165) is 5.75 Å². The van der Waals surface area contributed by atoms with Gasteiger partial charge in [-0.25, -0.2) is 8.78 Å². The molecule has 0 bridgehead atoms. The number of halogens is 2. The summed E-state index contributed by atoms with van der Waals surface area (Å²) < 4.78 is 26.7. The van der Waals surface area contributed by atoms with Crippen molar-refractivity contribution in [2.24, 2.45) is 5.84 Å². The van der Waals surface area contributed by atoms with Gasteiger partial charge in [-0.15, -0.1) is 0 Å².